The number of hydrogen-bond donors (Lipinski definition) is 1. The highest BCUT2D eigenvalue weighted by Crippen LogP contribution is 2.17. The summed E-state index contributed by atoms with van der Waals surface area (Å²) in [5.41, 5.74) is 0.457. The lowest BCUT2D eigenvalue weighted by Gasteiger charge is -2.34. The zero-order chi connectivity index (χ0) is 15.4. The number of ether oxygens (including phenoxy) is 1. The fourth-order valence-corrected chi connectivity index (χ4v) is 2.44. The maximum Gasteiger partial charge on any atom is 0.328 e. The summed E-state index contributed by atoms with van der Waals surface area (Å²) in [5, 5.41) is 9.14. The fraction of sp³-hybridized carbons (Fsp3) is 0.467. The summed E-state index contributed by atoms with van der Waals surface area (Å²) in [6.45, 7) is 2.25. The van der Waals surface area contributed by atoms with Crippen molar-refractivity contribution in [3.63, 3.8) is 0 Å². The maximum absolute atomic E-state index is 13.6. The molecule has 1 amide bonds. The lowest BCUT2D eigenvalue weighted by Crippen LogP contribution is -2.54. The van der Waals surface area contributed by atoms with Crippen LogP contribution in [-0.2, 0) is 20.7 Å². The first kappa shape index (κ1) is 15.4. The van der Waals surface area contributed by atoms with Gasteiger partial charge in [0.05, 0.1) is 13.2 Å². The van der Waals surface area contributed by atoms with Crippen molar-refractivity contribution in [2.24, 2.45) is 5.92 Å². The Morgan fingerprint density at radius 1 is 1.48 bits per heavy atom. The van der Waals surface area contributed by atoms with Gasteiger partial charge in [0.1, 0.15) is 5.82 Å². The molecule has 0 bridgehead atoms. The number of nitrogens with zero attached hydrogens (tertiary/aromatic N) is 1. The predicted octanol–water partition coefficient (Wildman–Crippen LogP) is 1.32. The lowest BCUT2D eigenvalue weighted by atomic mass is 9.98. The van der Waals surface area contributed by atoms with Crippen LogP contribution in [0.2, 0.25) is 0 Å². The van der Waals surface area contributed by atoms with Gasteiger partial charge < -0.3 is 14.7 Å². The number of amides is 1. The van der Waals surface area contributed by atoms with E-state index in [-0.39, 0.29) is 31.3 Å². The second-order valence-corrected chi connectivity index (χ2v) is 5.16. The highest BCUT2D eigenvalue weighted by molar-refractivity contribution is 5.85. The average Bonchev–Trinajstić information content (AvgIpc) is 2.48. The minimum atomic E-state index is -1.08. The molecule has 1 fully saturated rings. The smallest absolute Gasteiger partial charge is 0.328 e. The van der Waals surface area contributed by atoms with Crippen LogP contribution in [0.1, 0.15) is 12.5 Å². The standard InChI is InChI=1S/C15H18FNO4/c1-10(8-11-4-2-3-5-12(11)16)14(18)17-6-7-21-9-13(17)15(19)20/h2-5,10,13H,6-9H2,1H3,(H,19,20)/t10-,13+/m1/s1. The highest BCUT2D eigenvalue weighted by Gasteiger charge is 2.34. The van der Waals surface area contributed by atoms with E-state index in [9.17, 15) is 14.0 Å². The monoisotopic (exact) mass is 295 g/mol. The van der Waals surface area contributed by atoms with E-state index in [0.29, 0.717) is 12.2 Å². The second-order valence-electron chi connectivity index (χ2n) is 5.16. The van der Waals surface area contributed by atoms with Crippen molar-refractivity contribution in [1.29, 1.82) is 0 Å². The van der Waals surface area contributed by atoms with E-state index in [1.54, 1.807) is 25.1 Å². The van der Waals surface area contributed by atoms with E-state index in [2.05, 4.69) is 0 Å². The molecule has 1 aliphatic rings. The van der Waals surface area contributed by atoms with Gasteiger partial charge in [0, 0.05) is 12.5 Å². The first-order valence-electron chi connectivity index (χ1n) is 6.85. The zero-order valence-electron chi connectivity index (χ0n) is 11.8. The molecule has 0 saturated carbocycles. The van der Waals surface area contributed by atoms with Gasteiger partial charge in [-0.3, -0.25) is 4.79 Å². The van der Waals surface area contributed by atoms with Crippen molar-refractivity contribution in [2.45, 2.75) is 19.4 Å². The van der Waals surface area contributed by atoms with Crippen LogP contribution in [0, 0.1) is 11.7 Å². The third kappa shape index (κ3) is 3.58. The van der Waals surface area contributed by atoms with E-state index in [4.69, 9.17) is 9.84 Å². The molecule has 114 valence electrons. The average molecular weight is 295 g/mol. The van der Waals surface area contributed by atoms with Crippen LogP contribution in [0.5, 0.6) is 0 Å². The third-order valence-corrected chi connectivity index (χ3v) is 3.60. The Balaban J connectivity index is 2.07. The summed E-state index contributed by atoms with van der Waals surface area (Å²) in [5.74, 6) is -2.20. The van der Waals surface area contributed by atoms with Crippen molar-refractivity contribution in [3.05, 3.63) is 35.6 Å². The maximum atomic E-state index is 13.6. The number of rotatable bonds is 4. The summed E-state index contributed by atoms with van der Waals surface area (Å²) in [4.78, 5) is 24.9. The number of carbonyl (C=O) groups excluding carboxylic acids is 1. The first-order chi connectivity index (χ1) is 10.0. The molecule has 21 heavy (non-hydrogen) atoms. The van der Waals surface area contributed by atoms with Gasteiger partial charge in [0.2, 0.25) is 5.91 Å². The van der Waals surface area contributed by atoms with E-state index in [0.717, 1.165) is 0 Å². The Hall–Kier alpha value is -1.95. The minimum Gasteiger partial charge on any atom is -0.480 e. The quantitative estimate of drug-likeness (QED) is 0.909. The Labute approximate surface area is 122 Å². The molecule has 1 aromatic rings. The molecule has 0 aromatic heterocycles. The summed E-state index contributed by atoms with van der Waals surface area (Å²) >= 11 is 0. The SMILES string of the molecule is C[C@H](Cc1ccccc1F)C(=O)N1CCOC[C@H]1C(=O)O. The highest BCUT2D eigenvalue weighted by atomic mass is 19.1. The molecule has 0 aliphatic carbocycles. The molecule has 1 N–H and O–H groups in total. The van der Waals surface area contributed by atoms with Gasteiger partial charge in [-0.15, -0.1) is 0 Å². The molecule has 0 spiro atoms. The predicted molar refractivity (Wildman–Crippen MR) is 73.2 cm³/mol. The number of carbonyl (C=O) groups is 2. The number of hydrogen-bond acceptors (Lipinski definition) is 3. The minimum absolute atomic E-state index is 0.00646. The largest absolute Gasteiger partial charge is 0.480 e. The summed E-state index contributed by atoms with van der Waals surface area (Å²) in [7, 11) is 0. The normalized spacial score (nSPS) is 20.1. The van der Waals surface area contributed by atoms with Crippen molar-refractivity contribution >= 4 is 11.9 Å². The van der Waals surface area contributed by atoms with Crippen molar-refractivity contribution in [1.82, 2.24) is 4.90 Å². The van der Waals surface area contributed by atoms with E-state index >= 15 is 0 Å². The van der Waals surface area contributed by atoms with Crippen LogP contribution in [0.3, 0.4) is 0 Å². The number of aliphatic carboxylic acids is 1. The summed E-state index contributed by atoms with van der Waals surface area (Å²) in [6.07, 6.45) is 0.245. The Morgan fingerprint density at radius 3 is 2.86 bits per heavy atom. The zero-order valence-corrected chi connectivity index (χ0v) is 11.8. The molecule has 0 radical (unpaired) electrons. The van der Waals surface area contributed by atoms with Gasteiger partial charge in [-0.25, -0.2) is 9.18 Å². The van der Waals surface area contributed by atoms with Gasteiger partial charge in [-0.1, -0.05) is 25.1 Å². The molecule has 1 saturated heterocycles. The van der Waals surface area contributed by atoms with Crippen LogP contribution < -0.4 is 0 Å². The first-order valence-corrected chi connectivity index (χ1v) is 6.85. The molecule has 1 aromatic carbocycles. The fourth-order valence-electron chi connectivity index (χ4n) is 2.44. The molecular formula is C15H18FNO4. The summed E-state index contributed by atoms with van der Waals surface area (Å²) < 4.78 is 18.7. The number of benzene rings is 1. The van der Waals surface area contributed by atoms with Crippen molar-refractivity contribution in [3.8, 4) is 0 Å². The van der Waals surface area contributed by atoms with Gasteiger partial charge >= 0.3 is 5.97 Å². The van der Waals surface area contributed by atoms with Crippen LogP contribution >= 0.6 is 0 Å². The summed E-state index contributed by atoms with van der Waals surface area (Å²) in [6, 6.07) is 5.32. The molecule has 2 rings (SSSR count). The molecule has 5 nitrogen and oxygen atoms in total. The molecule has 6 heteroatoms. The van der Waals surface area contributed by atoms with Crippen molar-refractivity contribution < 1.29 is 23.8 Å². The van der Waals surface area contributed by atoms with Gasteiger partial charge in [0.25, 0.3) is 0 Å². The molecule has 0 unspecified atom stereocenters. The van der Waals surface area contributed by atoms with E-state index in [1.807, 2.05) is 0 Å². The second kappa shape index (κ2) is 6.67. The topological polar surface area (TPSA) is 66.8 Å². The van der Waals surface area contributed by atoms with Crippen molar-refractivity contribution in [2.75, 3.05) is 19.8 Å². The number of halogens is 1. The van der Waals surface area contributed by atoms with Crippen LogP contribution in [0.25, 0.3) is 0 Å². The van der Waals surface area contributed by atoms with Crippen LogP contribution in [-0.4, -0.2) is 47.7 Å². The van der Waals surface area contributed by atoms with Gasteiger partial charge in [-0.2, -0.15) is 0 Å². The number of morpholine rings is 1. The lowest BCUT2D eigenvalue weighted by molar-refractivity contribution is -0.160. The third-order valence-electron chi connectivity index (χ3n) is 3.60. The Morgan fingerprint density at radius 2 is 2.19 bits per heavy atom. The van der Waals surface area contributed by atoms with Crippen LogP contribution in [0.15, 0.2) is 24.3 Å². The molecule has 1 heterocycles. The molecule has 2 atom stereocenters. The van der Waals surface area contributed by atoms with E-state index in [1.165, 1.54) is 11.0 Å². The number of carboxylic acids is 1. The Bertz CT molecular complexity index is 534. The van der Waals surface area contributed by atoms with E-state index < -0.39 is 17.9 Å². The molecule has 1 aliphatic heterocycles. The Kier molecular flexibility index (Phi) is 4.90. The number of carboxylic acid groups (broad SMARTS) is 1. The van der Waals surface area contributed by atoms with Gasteiger partial charge in [-0.05, 0) is 18.1 Å². The van der Waals surface area contributed by atoms with Gasteiger partial charge in [0.15, 0.2) is 6.04 Å². The van der Waals surface area contributed by atoms with Crippen LogP contribution in [0.4, 0.5) is 4.39 Å². The molecular weight excluding hydrogens is 277 g/mol.